The highest BCUT2D eigenvalue weighted by atomic mass is 19.1. The molecule has 0 unspecified atom stereocenters. The third-order valence-electron chi connectivity index (χ3n) is 7.73. The number of carbonyl (C=O) groups is 1. The van der Waals surface area contributed by atoms with Crippen LogP contribution in [0.5, 0.6) is 5.75 Å². The standard InChI is InChI=1S/C32H35FN4O3/c1-39-30-12-11-27(20-29(30)33)32(38)37-17-15-35(16-18-37)22-31(40-23-25-9-7-24(21-34)8-10-25)26-5-4-6-28(19-26)36-13-2-3-14-36/h4-12,19-20,31H,2-3,13-18,22-23H2,1H3/t31-/m0/s1. The number of amides is 1. The summed E-state index contributed by atoms with van der Waals surface area (Å²) in [6.45, 7) is 5.80. The molecule has 1 atom stereocenters. The zero-order chi connectivity index (χ0) is 27.9. The van der Waals surface area contributed by atoms with Crippen molar-refractivity contribution in [2.45, 2.75) is 25.6 Å². The normalized spacial score (nSPS) is 16.5. The highest BCUT2D eigenvalue weighted by Crippen LogP contribution is 2.28. The van der Waals surface area contributed by atoms with E-state index in [-0.39, 0.29) is 17.8 Å². The van der Waals surface area contributed by atoms with Crippen LogP contribution in [0, 0.1) is 17.1 Å². The van der Waals surface area contributed by atoms with E-state index in [2.05, 4.69) is 40.1 Å². The molecular weight excluding hydrogens is 507 g/mol. The Kier molecular flexibility index (Phi) is 8.94. The first-order valence-electron chi connectivity index (χ1n) is 13.8. The minimum atomic E-state index is -0.537. The van der Waals surface area contributed by atoms with Crippen LogP contribution in [0.25, 0.3) is 0 Å². The molecule has 2 aliphatic heterocycles. The third-order valence-corrected chi connectivity index (χ3v) is 7.73. The maximum absolute atomic E-state index is 14.2. The fraction of sp³-hybridized carbons (Fsp3) is 0.375. The lowest BCUT2D eigenvalue weighted by molar-refractivity contribution is 0.00343. The molecule has 2 heterocycles. The Balaban J connectivity index is 1.25. The van der Waals surface area contributed by atoms with Gasteiger partial charge in [0.05, 0.1) is 31.5 Å². The number of rotatable bonds is 9. The van der Waals surface area contributed by atoms with Gasteiger partial charge in [0.1, 0.15) is 0 Å². The molecule has 208 valence electrons. The van der Waals surface area contributed by atoms with Gasteiger partial charge in [-0.3, -0.25) is 9.69 Å². The van der Waals surface area contributed by atoms with Gasteiger partial charge in [-0.1, -0.05) is 24.3 Å². The van der Waals surface area contributed by atoms with E-state index in [9.17, 15) is 9.18 Å². The summed E-state index contributed by atoms with van der Waals surface area (Å²) in [5.74, 6) is -0.583. The second-order valence-corrected chi connectivity index (χ2v) is 10.3. The van der Waals surface area contributed by atoms with Gasteiger partial charge >= 0.3 is 0 Å². The fourth-order valence-electron chi connectivity index (χ4n) is 5.37. The van der Waals surface area contributed by atoms with Gasteiger partial charge in [0.2, 0.25) is 0 Å². The van der Waals surface area contributed by atoms with Crippen molar-refractivity contribution in [3.8, 4) is 11.8 Å². The molecule has 0 bridgehead atoms. The molecule has 3 aromatic rings. The van der Waals surface area contributed by atoms with E-state index in [4.69, 9.17) is 14.7 Å². The van der Waals surface area contributed by atoms with Gasteiger partial charge in [0, 0.05) is 57.1 Å². The zero-order valence-corrected chi connectivity index (χ0v) is 22.9. The van der Waals surface area contributed by atoms with Crippen LogP contribution in [0.3, 0.4) is 0 Å². The average molecular weight is 543 g/mol. The molecule has 0 spiro atoms. The summed E-state index contributed by atoms with van der Waals surface area (Å²) in [6, 6.07) is 22.6. The Bertz CT molecular complexity index is 1340. The summed E-state index contributed by atoms with van der Waals surface area (Å²) in [4.78, 5) is 19.5. The predicted octanol–water partition coefficient (Wildman–Crippen LogP) is 5.02. The average Bonchev–Trinajstić information content (AvgIpc) is 3.55. The minimum absolute atomic E-state index is 0.127. The van der Waals surface area contributed by atoms with Gasteiger partial charge < -0.3 is 19.3 Å². The summed E-state index contributed by atoms with van der Waals surface area (Å²) in [7, 11) is 1.41. The third kappa shape index (κ3) is 6.61. The van der Waals surface area contributed by atoms with Crippen molar-refractivity contribution in [2.24, 2.45) is 0 Å². The lowest BCUT2D eigenvalue weighted by Gasteiger charge is -2.36. The van der Waals surface area contributed by atoms with Crippen LogP contribution in [0.1, 0.15) is 46.0 Å². The zero-order valence-electron chi connectivity index (χ0n) is 22.9. The first-order chi connectivity index (χ1) is 19.5. The maximum Gasteiger partial charge on any atom is 0.254 e. The Hall–Kier alpha value is -3.93. The van der Waals surface area contributed by atoms with Crippen molar-refractivity contribution in [3.63, 3.8) is 0 Å². The van der Waals surface area contributed by atoms with Crippen LogP contribution >= 0.6 is 0 Å². The van der Waals surface area contributed by atoms with Crippen LogP contribution in [0.4, 0.5) is 10.1 Å². The van der Waals surface area contributed by atoms with E-state index >= 15 is 0 Å². The van der Waals surface area contributed by atoms with Crippen molar-refractivity contribution in [1.82, 2.24) is 9.80 Å². The largest absolute Gasteiger partial charge is 0.494 e. The van der Waals surface area contributed by atoms with Crippen LogP contribution in [0.2, 0.25) is 0 Å². The molecule has 1 amide bonds. The second-order valence-electron chi connectivity index (χ2n) is 10.3. The summed E-state index contributed by atoms with van der Waals surface area (Å²) >= 11 is 0. The number of hydrogen-bond acceptors (Lipinski definition) is 6. The monoisotopic (exact) mass is 542 g/mol. The molecule has 2 saturated heterocycles. The predicted molar refractivity (Wildman–Crippen MR) is 152 cm³/mol. The van der Waals surface area contributed by atoms with E-state index in [1.807, 2.05) is 24.3 Å². The number of carbonyl (C=O) groups excluding carboxylic acids is 1. The number of anilines is 1. The molecule has 5 rings (SSSR count). The fourth-order valence-corrected chi connectivity index (χ4v) is 5.37. The van der Waals surface area contributed by atoms with Crippen molar-refractivity contribution in [1.29, 1.82) is 5.26 Å². The lowest BCUT2D eigenvalue weighted by Crippen LogP contribution is -2.49. The van der Waals surface area contributed by atoms with E-state index in [1.54, 1.807) is 11.0 Å². The van der Waals surface area contributed by atoms with Gasteiger partial charge in [-0.05, 0) is 66.4 Å². The SMILES string of the molecule is COc1ccc(C(=O)N2CCN(C[C@H](OCc3ccc(C#N)cc3)c3cccc(N4CCCC4)c3)CC2)cc1F. The lowest BCUT2D eigenvalue weighted by atomic mass is 10.1. The molecule has 7 nitrogen and oxygen atoms in total. The number of nitriles is 1. The number of methoxy groups -OCH3 is 1. The highest BCUT2D eigenvalue weighted by molar-refractivity contribution is 5.94. The van der Waals surface area contributed by atoms with Crippen molar-refractivity contribution in [2.75, 3.05) is 57.8 Å². The summed E-state index contributed by atoms with van der Waals surface area (Å²) in [5, 5.41) is 9.11. The first-order valence-corrected chi connectivity index (χ1v) is 13.8. The maximum atomic E-state index is 14.2. The summed E-state index contributed by atoms with van der Waals surface area (Å²) in [5.41, 5.74) is 4.33. The van der Waals surface area contributed by atoms with Crippen molar-refractivity contribution < 1.29 is 18.7 Å². The molecule has 0 aromatic heterocycles. The van der Waals surface area contributed by atoms with E-state index in [0.717, 1.165) is 24.2 Å². The molecule has 0 radical (unpaired) electrons. The number of hydrogen-bond donors (Lipinski definition) is 0. The molecule has 2 fully saturated rings. The van der Waals surface area contributed by atoms with Gasteiger partial charge in [-0.2, -0.15) is 5.26 Å². The Morgan fingerprint density at radius 3 is 2.40 bits per heavy atom. The molecule has 40 heavy (non-hydrogen) atoms. The van der Waals surface area contributed by atoms with Gasteiger partial charge in [0.25, 0.3) is 5.91 Å². The number of piperazine rings is 1. The number of benzene rings is 3. The van der Waals surface area contributed by atoms with E-state index in [0.29, 0.717) is 50.5 Å². The topological polar surface area (TPSA) is 69.0 Å². The smallest absolute Gasteiger partial charge is 0.254 e. The molecule has 2 aliphatic rings. The van der Waals surface area contributed by atoms with Crippen LogP contribution in [-0.4, -0.2) is 68.6 Å². The molecule has 3 aromatic carbocycles. The van der Waals surface area contributed by atoms with E-state index < -0.39 is 5.82 Å². The molecule has 8 heteroatoms. The first kappa shape index (κ1) is 27.6. The summed E-state index contributed by atoms with van der Waals surface area (Å²) < 4.78 is 25.7. The highest BCUT2D eigenvalue weighted by Gasteiger charge is 2.26. The van der Waals surface area contributed by atoms with Crippen LogP contribution < -0.4 is 9.64 Å². The quantitative estimate of drug-likeness (QED) is 0.378. The Morgan fingerprint density at radius 2 is 1.73 bits per heavy atom. The number of halogens is 1. The van der Waals surface area contributed by atoms with Crippen molar-refractivity contribution >= 4 is 11.6 Å². The Labute approximate surface area is 235 Å². The molecule has 0 saturated carbocycles. The summed E-state index contributed by atoms with van der Waals surface area (Å²) in [6.07, 6.45) is 2.28. The van der Waals surface area contributed by atoms with Crippen molar-refractivity contribution in [3.05, 3.63) is 94.8 Å². The number of ether oxygens (including phenoxy) is 2. The van der Waals surface area contributed by atoms with Crippen LogP contribution in [-0.2, 0) is 11.3 Å². The number of nitrogens with zero attached hydrogens (tertiary/aromatic N) is 4. The minimum Gasteiger partial charge on any atom is -0.494 e. The van der Waals surface area contributed by atoms with E-state index in [1.165, 1.54) is 37.8 Å². The molecule has 0 N–H and O–H groups in total. The Morgan fingerprint density at radius 1 is 0.975 bits per heavy atom. The second kappa shape index (κ2) is 12.9. The molecular formula is C32H35FN4O3. The van der Waals surface area contributed by atoms with Gasteiger partial charge in [-0.15, -0.1) is 0 Å². The van der Waals surface area contributed by atoms with Gasteiger partial charge in [-0.25, -0.2) is 4.39 Å². The molecule has 0 aliphatic carbocycles. The van der Waals surface area contributed by atoms with Crippen LogP contribution in [0.15, 0.2) is 66.7 Å². The van der Waals surface area contributed by atoms with Gasteiger partial charge in [0.15, 0.2) is 11.6 Å².